The van der Waals surface area contributed by atoms with Crippen molar-refractivity contribution in [1.29, 1.82) is 0 Å². The van der Waals surface area contributed by atoms with Gasteiger partial charge in [-0.2, -0.15) is 4.98 Å². The zero-order chi connectivity index (χ0) is 15.4. The van der Waals surface area contributed by atoms with Crippen LogP contribution in [0.4, 0.5) is 5.82 Å². The molecule has 0 bridgehead atoms. The van der Waals surface area contributed by atoms with Gasteiger partial charge in [0, 0.05) is 6.04 Å². The summed E-state index contributed by atoms with van der Waals surface area (Å²) in [5.74, 6) is 0.0844. The average molecular weight is 304 g/mol. The molecule has 2 heterocycles. The highest BCUT2D eigenvalue weighted by Gasteiger charge is 2.23. The van der Waals surface area contributed by atoms with E-state index in [9.17, 15) is 4.79 Å². The lowest BCUT2D eigenvalue weighted by molar-refractivity contribution is 0.0517. The van der Waals surface area contributed by atoms with E-state index in [4.69, 9.17) is 9.26 Å². The van der Waals surface area contributed by atoms with E-state index in [-0.39, 0.29) is 12.3 Å². The van der Waals surface area contributed by atoms with E-state index in [1.54, 1.807) is 6.92 Å². The number of carbonyl (C=O) groups is 1. The van der Waals surface area contributed by atoms with Gasteiger partial charge in [0.15, 0.2) is 0 Å². The fourth-order valence-electron chi connectivity index (χ4n) is 2.85. The molecule has 2 aromatic heterocycles. The Hall–Kier alpha value is -2.18. The summed E-state index contributed by atoms with van der Waals surface area (Å²) in [5, 5.41) is 7.73. The summed E-state index contributed by atoms with van der Waals surface area (Å²) >= 11 is 0. The van der Waals surface area contributed by atoms with Crippen molar-refractivity contribution in [2.45, 2.75) is 51.5 Å². The number of anilines is 1. The summed E-state index contributed by atoms with van der Waals surface area (Å²) < 4.78 is 10.1. The molecule has 3 rings (SSSR count). The number of ether oxygens (including phenoxy) is 1. The van der Waals surface area contributed by atoms with Crippen molar-refractivity contribution in [3.63, 3.8) is 0 Å². The minimum atomic E-state index is -0.514. The quantitative estimate of drug-likeness (QED) is 0.686. The van der Waals surface area contributed by atoms with Crippen molar-refractivity contribution >= 4 is 22.9 Å². The molecular weight excluding hydrogens is 284 g/mol. The average Bonchev–Trinajstić information content (AvgIpc) is 2.80. The third kappa shape index (κ3) is 3.03. The van der Waals surface area contributed by atoms with Gasteiger partial charge in [0.2, 0.25) is 5.69 Å². The number of carbonyl (C=O) groups excluding carboxylic acids is 1. The topological polar surface area (TPSA) is 90.1 Å². The lowest BCUT2D eigenvalue weighted by Crippen LogP contribution is -2.19. The number of nitrogens with one attached hydrogen (secondary N) is 1. The van der Waals surface area contributed by atoms with Crippen molar-refractivity contribution < 1.29 is 14.1 Å². The second kappa shape index (κ2) is 6.72. The van der Waals surface area contributed by atoms with Gasteiger partial charge in [-0.05, 0) is 19.8 Å². The smallest absolute Gasteiger partial charge is 0.361 e. The van der Waals surface area contributed by atoms with Gasteiger partial charge in [0.25, 0.3) is 5.71 Å². The standard InChI is InChI=1S/C15H20N4O3/c1-2-21-15(20)12-11-13(16-9-17-14(11)22-19-12)18-10-7-5-3-4-6-8-10/h9-10H,2-8H2,1H3,(H,16,17,18). The minimum Gasteiger partial charge on any atom is -0.461 e. The van der Waals surface area contributed by atoms with Crippen molar-refractivity contribution in [3.8, 4) is 0 Å². The summed E-state index contributed by atoms with van der Waals surface area (Å²) in [6.07, 6.45) is 8.59. The van der Waals surface area contributed by atoms with Crippen molar-refractivity contribution in [3.05, 3.63) is 12.0 Å². The van der Waals surface area contributed by atoms with E-state index in [1.165, 1.54) is 32.0 Å². The van der Waals surface area contributed by atoms with Crippen LogP contribution in [-0.4, -0.2) is 33.7 Å². The molecule has 1 saturated carbocycles. The monoisotopic (exact) mass is 304 g/mol. The summed E-state index contributed by atoms with van der Waals surface area (Å²) in [5.41, 5.74) is 0.433. The Kier molecular flexibility index (Phi) is 4.50. The molecule has 0 unspecified atom stereocenters. The lowest BCUT2D eigenvalue weighted by atomic mass is 10.1. The van der Waals surface area contributed by atoms with Gasteiger partial charge in [-0.3, -0.25) is 0 Å². The Bertz CT molecular complexity index is 647. The number of esters is 1. The van der Waals surface area contributed by atoms with Gasteiger partial charge in [-0.1, -0.05) is 30.8 Å². The van der Waals surface area contributed by atoms with Crippen LogP contribution >= 0.6 is 0 Å². The first kappa shape index (κ1) is 14.7. The Morgan fingerprint density at radius 3 is 2.82 bits per heavy atom. The first-order valence-corrected chi connectivity index (χ1v) is 7.83. The molecule has 22 heavy (non-hydrogen) atoms. The number of nitrogens with zero attached hydrogens (tertiary/aromatic N) is 3. The Balaban J connectivity index is 1.91. The summed E-state index contributed by atoms with van der Waals surface area (Å²) in [6.45, 7) is 2.04. The van der Waals surface area contributed by atoms with Crippen LogP contribution < -0.4 is 5.32 Å². The van der Waals surface area contributed by atoms with Gasteiger partial charge >= 0.3 is 5.97 Å². The summed E-state index contributed by atoms with van der Waals surface area (Å²) in [4.78, 5) is 20.3. The molecule has 1 N–H and O–H groups in total. The van der Waals surface area contributed by atoms with E-state index in [1.807, 2.05) is 0 Å². The highest BCUT2D eigenvalue weighted by Crippen LogP contribution is 2.27. The molecule has 7 heteroatoms. The van der Waals surface area contributed by atoms with Crippen LogP contribution in [0.2, 0.25) is 0 Å². The first-order chi connectivity index (χ1) is 10.8. The second-order valence-electron chi connectivity index (χ2n) is 5.49. The Morgan fingerprint density at radius 1 is 1.32 bits per heavy atom. The van der Waals surface area contributed by atoms with E-state index in [2.05, 4.69) is 20.4 Å². The number of aromatic nitrogens is 3. The van der Waals surface area contributed by atoms with Crippen LogP contribution in [-0.2, 0) is 4.74 Å². The number of rotatable bonds is 4. The number of hydrogen-bond acceptors (Lipinski definition) is 7. The molecule has 1 aliphatic rings. The molecule has 2 aromatic rings. The van der Waals surface area contributed by atoms with Crippen LogP contribution in [0.15, 0.2) is 10.9 Å². The van der Waals surface area contributed by atoms with Crippen LogP contribution in [0.1, 0.15) is 55.9 Å². The van der Waals surface area contributed by atoms with Gasteiger partial charge in [0.05, 0.1) is 6.61 Å². The lowest BCUT2D eigenvalue weighted by Gasteiger charge is -2.17. The molecule has 0 amide bonds. The zero-order valence-corrected chi connectivity index (χ0v) is 12.7. The molecule has 0 atom stereocenters. The SMILES string of the molecule is CCOC(=O)c1noc2ncnc(NC3CCCCCC3)c12. The number of fused-ring (bicyclic) bond motifs is 1. The summed E-state index contributed by atoms with van der Waals surface area (Å²) in [6, 6.07) is 0.352. The van der Waals surface area contributed by atoms with Crippen LogP contribution in [0.5, 0.6) is 0 Å². The molecule has 7 nitrogen and oxygen atoms in total. The maximum atomic E-state index is 12.0. The third-order valence-corrected chi connectivity index (χ3v) is 3.94. The van der Waals surface area contributed by atoms with Gasteiger partial charge in [-0.25, -0.2) is 9.78 Å². The zero-order valence-electron chi connectivity index (χ0n) is 12.7. The van der Waals surface area contributed by atoms with Crippen LogP contribution in [0.25, 0.3) is 11.1 Å². The Labute approximate surface area is 128 Å². The van der Waals surface area contributed by atoms with Crippen LogP contribution in [0.3, 0.4) is 0 Å². The molecule has 0 aliphatic heterocycles. The van der Waals surface area contributed by atoms with Crippen LogP contribution in [0, 0.1) is 0 Å². The molecule has 0 aromatic carbocycles. The molecule has 118 valence electrons. The Morgan fingerprint density at radius 2 is 2.09 bits per heavy atom. The number of hydrogen-bond donors (Lipinski definition) is 1. The van der Waals surface area contributed by atoms with Gasteiger partial charge < -0.3 is 14.6 Å². The predicted molar refractivity (Wildman–Crippen MR) is 80.7 cm³/mol. The largest absolute Gasteiger partial charge is 0.461 e. The molecule has 1 aliphatic carbocycles. The van der Waals surface area contributed by atoms with Gasteiger partial charge in [0.1, 0.15) is 17.5 Å². The fraction of sp³-hybridized carbons (Fsp3) is 0.600. The van der Waals surface area contributed by atoms with E-state index in [0.29, 0.717) is 23.0 Å². The minimum absolute atomic E-state index is 0.133. The molecule has 0 saturated heterocycles. The van der Waals surface area contributed by atoms with E-state index in [0.717, 1.165) is 12.8 Å². The summed E-state index contributed by atoms with van der Waals surface area (Å²) in [7, 11) is 0. The van der Waals surface area contributed by atoms with E-state index < -0.39 is 5.97 Å². The molecule has 1 fully saturated rings. The highest BCUT2D eigenvalue weighted by atomic mass is 16.5. The normalized spacial score (nSPS) is 16.4. The maximum absolute atomic E-state index is 12.0. The maximum Gasteiger partial charge on any atom is 0.361 e. The molecule has 0 radical (unpaired) electrons. The highest BCUT2D eigenvalue weighted by molar-refractivity contribution is 6.04. The van der Waals surface area contributed by atoms with E-state index >= 15 is 0 Å². The van der Waals surface area contributed by atoms with Crippen molar-refractivity contribution in [2.75, 3.05) is 11.9 Å². The second-order valence-corrected chi connectivity index (χ2v) is 5.49. The molecular formula is C15H20N4O3. The third-order valence-electron chi connectivity index (χ3n) is 3.94. The molecule has 0 spiro atoms. The first-order valence-electron chi connectivity index (χ1n) is 7.83. The van der Waals surface area contributed by atoms with Crippen molar-refractivity contribution in [2.24, 2.45) is 0 Å². The fourth-order valence-corrected chi connectivity index (χ4v) is 2.85. The predicted octanol–water partition coefficient (Wildman–Crippen LogP) is 2.93. The van der Waals surface area contributed by atoms with Crippen molar-refractivity contribution in [1.82, 2.24) is 15.1 Å². The van der Waals surface area contributed by atoms with Gasteiger partial charge in [-0.15, -0.1) is 0 Å².